The lowest BCUT2D eigenvalue weighted by Gasteiger charge is -2.25. The number of esters is 1. The molecule has 1 aliphatic heterocycles. The van der Waals surface area contributed by atoms with Gasteiger partial charge in [-0.25, -0.2) is 9.50 Å². The molecule has 11 nitrogen and oxygen atoms in total. The van der Waals surface area contributed by atoms with Crippen LogP contribution in [0.2, 0.25) is 0 Å². The van der Waals surface area contributed by atoms with E-state index in [0.717, 1.165) is 25.7 Å². The molecular formula is C25H32N5O6. The van der Waals surface area contributed by atoms with Crippen LogP contribution in [0.5, 0.6) is 0 Å². The number of hydrogen-bond donors (Lipinski definition) is 2. The van der Waals surface area contributed by atoms with E-state index in [0.29, 0.717) is 17.9 Å². The van der Waals surface area contributed by atoms with E-state index in [1.54, 1.807) is 26.0 Å². The van der Waals surface area contributed by atoms with E-state index in [9.17, 15) is 20.0 Å². The third-order valence-electron chi connectivity index (χ3n) is 7.03. The van der Waals surface area contributed by atoms with Crippen LogP contribution in [0.25, 0.3) is 5.52 Å². The van der Waals surface area contributed by atoms with Crippen LogP contribution in [0.4, 0.5) is 5.82 Å². The first-order valence-corrected chi connectivity index (χ1v) is 12.2. The molecule has 2 aromatic rings. The standard InChI is InChI=1S/C25H32N5O6/c1-24(2,34-3)23(33)29-22-18-9-10-19(30(18)28-15-27-22)25(14-26)20(31)12-17(36-25)13-35-21(32)11-16-7-5-4-6-8-16/h9-10,12,15-17,20,31H,4-8,11,13H2,1-3H3,(H,27,28,29,33)/t17-,20-,25+/m1/s1. The van der Waals surface area contributed by atoms with Crippen molar-refractivity contribution in [3.05, 3.63) is 30.6 Å². The van der Waals surface area contributed by atoms with Gasteiger partial charge in [0.25, 0.3) is 5.91 Å². The first-order valence-electron chi connectivity index (χ1n) is 12.2. The Morgan fingerprint density at radius 2 is 2.08 bits per heavy atom. The summed E-state index contributed by atoms with van der Waals surface area (Å²) in [5.41, 5.74) is -2.22. The average molecular weight is 499 g/mol. The summed E-state index contributed by atoms with van der Waals surface area (Å²) in [7, 11) is 1.43. The van der Waals surface area contributed by atoms with Crippen LogP contribution in [-0.2, 0) is 29.4 Å². The fourth-order valence-corrected chi connectivity index (χ4v) is 4.66. The fraction of sp³-hybridized carbons (Fsp3) is 0.600. The SMILES string of the molecule is COC(C)(C)C(=O)Nc1ncnn2c([C@]3(C#N)O[C@@H](COC(=O)CC4CCCCC4)[CH][C@H]3O)ccc12. The quantitative estimate of drug-likeness (QED) is 0.523. The van der Waals surface area contributed by atoms with Crippen LogP contribution < -0.4 is 5.32 Å². The van der Waals surface area contributed by atoms with Gasteiger partial charge in [-0.15, -0.1) is 0 Å². The van der Waals surface area contributed by atoms with E-state index in [1.165, 1.54) is 30.8 Å². The van der Waals surface area contributed by atoms with Gasteiger partial charge in [0.1, 0.15) is 42.3 Å². The maximum Gasteiger partial charge on any atom is 0.306 e. The minimum atomic E-state index is -1.78. The lowest BCUT2D eigenvalue weighted by atomic mass is 9.87. The lowest BCUT2D eigenvalue weighted by Crippen LogP contribution is -2.39. The summed E-state index contributed by atoms with van der Waals surface area (Å²) in [6.45, 7) is 3.14. The van der Waals surface area contributed by atoms with Gasteiger partial charge in [-0.1, -0.05) is 19.3 Å². The number of nitriles is 1. The molecule has 0 bridgehead atoms. The molecule has 1 aliphatic carbocycles. The van der Waals surface area contributed by atoms with Gasteiger partial charge in [-0.2, -0.15) is 10.4 Å². The summed E-state index contributed by atoms with van der Waals surface area (Å²) in [5, 5.41) is 27.8. The summed E-state index contributed by atoms with van der Waals surface area (Å²) in [6.07, 6.45) is 6.52. The summed E-state index contributed by atoms with van der Waals surface area (Å²) < 4.78 is 18.0. The van der Waals surface area contributed by atoms with E-state index in [1.807, 2.05) is 0 Å². The second kappa shape index (κ2) is 10.5. The molecule has 2 fully saturated rings. The van der Waals surface area contributed by atoms with Crippen molar-refractivity contribution in [3.8, 4) is 6.07 Å². The molecular weight excluding hydrogens is 466 g/mol. The van der Waals surface area contributed by atoms with Gasteiger partial charge in [-0.3, -0.25) is 9.59 Å². The number of nitrogens with one attached hydrogen (secondary N) is 1. The molecule has 1 radical (unpaired) electrons. The number of ether oxygens (including phenoxy) is 3. The van der Waals surface area contributed by atoms with Crippen LogP contribution in [0.3, 0.4) is 0 Å². The number of amides is 1. The summed E-state index contributed by atoms with van der Waals surface area (Å²) in [6, 6.07) is 5.27. The number of anilines is 1. The molecule has 2 aromatic heterocycles. The van der Waals surface area contributed by atoms with Crippen molar-refractivity contribution in [2.45, 2.75) is 75.8 Å². The van der Waals surface area contributed by atoms with Crippen LogP contribution in [-0.4, -0.2) is 63.1 Å². The molecule has 3 atom stereocenters. The first-order chi connectivity index (χ1) is 17.2. The van der Waals surface area contributed by atoms with Crippen LogP contribution in [0, 0.1) is 23.7 Å². The molecule has 0 aromatic carbocycles. The van der Waals surface area contributed by atoms with Crippen LogP contribution in [0.15, 0.2) is 18.5 Å². The molecule has 2 aliphatic rings. The van der Waals surface area contributed by atoms with E-state index in [-0.39, 0.29) is 24.1 Å². The Morgan fingerprint density at radius 1 is 1.33 bits per heavy atom. The van der Waals surface area contributed by atoms with Crippen LogP contribution >= 0.6 is 0 Å². The zero-order chi connectivity index (χ0) is 25.9. The van der Waals surface area contributed by atoms with Crippen molar-refractivity contribution in [2.75, 3.05) is 19.0 Å². The third kappa shape index (κ3) is 5.07. The summed E-state index contributed by atoms with van der Waals surface area (Å²) in [5.74, 6) is -0.157. The van der Waals surface area contributed by atoms with Crippen molar-refractivity contribution in [3.63, 3.8) is 0 Å². The Kier molecular flexibility index (Phi) is 7.59. The predicted molar refractivity (Wildman–Crippen MR) is 127 cm³/mol. The number of aromatic nitrogens is 3. The van der Waals surface area contributed by atoms with E-state index >= 15 is 0 Å². The third-order valence-corrected chi connectivity index (χ3v) is 7.03. The average Bonchev–Trinajstić information content (AvgIpc) is 3.45. The highest BCUT2D eigenvalue weighted by Gasteiger charge is 2.52. The number of carbonyl (C=O) groups is 2. The highest BCUT2D eigenvalue weighted by atomic mass is 16.6. The number of hydrogen-bond acceptors (Lipinski definition) is 9. The largest absolute Gasteiger partial charge is 0.463 e. The Labute approximate surface area is 209 Å². The van der Waals surface area contributed by atoms with Gasteiger partial charge in [-0.05, 0) is 44.7 Å². The Hall–Kier alpha value is -3.07. The maximum absolute atomic E-state index is 12.6. The monoisotopic (exact) mass is 498 g/mol. The van der Waals surface area contributed by atoms with Gasteiger partial charge < -0.3 is 24.6 Å². The van der Waals surface area contributed by atoms with E-state index in [4.69, 9.17) is 14.2 Å². The molecule has 4 rings (SSSR count). The zero-order valence-electron chi connectivity index (χ0n) is 20.8. The highest BCUT2D eigenvalue weighted by Crippen LogP contribution is 2.40. The number of aliphatic hydroxyl groups is 1. The highest BCUT2D eigenvalue weighted by molar-refractivity contribution is 5.98. The molecule has 193 valence electrons. The summed E-state index contributed by atoms with van der Waals surface area (Å²) in [4.78, 5) is 29.0. The molecule has 0 unspecified atom stereocenters. The number of methoxy groups -OCH3 is 1. The van der Waals surface area contributed by atoms with Crippen molar-refractivity contribution in [2.24, 2.45) is 5.92 Å². The number of aliphatic hydroxyl groups excluding tert-OH is 1. The van der Waals surface area contributed by atoms with Gasteiger partial charge >= 0.3 is 5.97 Å². The van der Waals surface area contributed by atoms with Crippen molar-refractivity contribution in [1.29, 1.82) is 5.26 Å². The van der Waals surface area contributed by atoms with Crippen molar-refractivity contribution in [1.82, 2.24) is 14.6 Å². The number of nitrogens with zero attached hydrogens (tertiary/aromatic N) is 4. The number of carbonyl (C=O) groups excluding carboxylic acids is 2. The molecule has 0 spiro atoms. The lowest BCUT2D eigenvalue weighted by molar-refractivity contribution is -0.150. The first kappa shape index (κ1) is 26.0. The van der Waals surface area contributed by atoms with Gasteiger partial charge in [0.05, 0.1) is 5.69 Å². The Bertz CT molecular complexity index is 1150. The molecule has 1 saturated carbocycles. The predicted octanol–water partition coefficient (Wildman–Crippen LogP) is 2.29. The molecule has 2 N–H and O–H groups in total. The molecule has 11 heteroatoms. The maximum atomic E-state index is 12.6. The van der Waals surface area contributed by atoms with E-state index < -0.39 is 29.3 Å². The van der Waals surface area contributed by atoms with Gasteiger partial charge in [0, 0.05) is 20.0 Å². The van der Waals surface area contributed by atoms with Gasteiger partial charge in [0.15, 0.2) is 5.82 Å². The topological polar surface area (TPSA) is 148 Å². The normalized spacial score (nSPS) is 25.0. The van der Waals surface area contributed by atoms with Crippen LogP contribution in [0.1, 0.15) is 58.1 Å². The van der Waals surface area contributed by atoms with E-state index in [2.05, 4.69) is 21.5 Å². The Morgan fingerprint density at radius 3 is 2.78 bits per heavy atom. The number of fused-ring (bicyclic) bond motifs is 1. The molecule has 36 heavy (non-hydrogen) atoms. The molecule has 1 amide bonds. The minimum Gasteiger partial charge on any atom is -0.463 e. The number of rotatable bonds is 8. The second-order valence-corrected chi connectivity index (χ2v) is 9.83. The van der Waals surface area contributed by atoms with Crippen molar-refractivity contribution < 1.29 is 28.9 Å². The molecule has 1 saturated heterocycles. The Balaban J connectivity index is 1.49. The molecule has 3 heterocycles. The fourth-order valence-electron chi connectivity index (χ4n) is 4.66. The zero-order valence-corrected chi connectivity index (χ0v) is 20.8. The van der Waals surface area contributed by atoms with Crippen molar-refractivity contribution >= 4 is 23.2 Å². The minimum absolute atomic E-state index is 0.0995. The second-order valence-electron chi connectivity index (χ2n) is 9.83. The smallest absolute Gasteiger partial charge is 0.306 e. The summed E-state index contributed by atoms with van der Waals surface area (Å²) >= 11 is 0. The van der Waals surface area contributed by atoms with Gasteiger partial charge in [0.2, 0.25) is 5.60 Å².